The maximum Gasteiger partial charge on any atom is 0.228 e. The second-order valence-corrected chi connectivity index (χ2v) is 12.0. The van der Waals surface area contributed by atoms with Crippen molar-refractivity contribution in [3.63, 3.8) is 0 Å². The highest BCUT2D eigenvalue weighted by atomic mass is 32.2. The summed E-state index contributed by atoms with van der Waals surface area (Å²) in [6.45, 7) is 17.1. The number of hydrogen-bond acceptors (Lipinski definition) is 4. The summed E-state index contributed by atoms with van der Waals surface area (Å²) in [5, 5.41) is 0.0597. The third-order valence-electron chi connectivity index (χ3n) is 4.90. The summed E-state index contributed by atoms with van der Waals surface area (Å²) in [6.07, 6.45) is 3.68. The summed E-state index contributed by atoms with van der Waals surface area (Å²) in [5.41, 5.74) is 2.32. The van der Waals surface area contributed by atoms with Crippen molar-refractivity contribution in [2.24, 2.45) is 11.3 Å². The predicted molar refractivity (Wildman–Crippen MR) is 129 cm³/mol. The van der Waals surface area contributed by atoms with Crippen LogP contribution in [0.4, 0.5) is 0 Å². The molecule has 32 heavy (non-hydrogen) atoms. The highest BCUT2D eigenvalue weighted by molar-refractivity contribution is 7.90. The van der Waals surface area contributed by atoms with Crippen molar-refractivity contribution in [1.82, 2.24) is 14.5 Å². The summed E-state index contributed by atoms with van der Waals surface area (Å²) >= 11 is 0. The van der Waals surface area contributed by atoms with Crippen LogP contribution in [0, 0.1) is 18.3 Å². The van der Waals surface area contributed by atoms with E-state index in [-0.39, 0.29) is 28.1 Å². The Balaban J connectivity index is 2.40. The number of aromatic nitrogens is 2. The van der Waals surface area contributed by atoms with Crippen molar-refractivity contribution in [2.45, 2.75) is 72.0 Å². The van der Waals surface area contributed by atoms with Gasteiger partial charge in [-0.2, -0.15) is 0 Å². The van der Waals surface area contributed by atoms with Crippen molar-refractivity contribution in [1.29, 1.82) is 0 Å². The van der Waals surface area contributed by atoms with Crippen LogP contribution in [0.3, 0.4) is 0 Å². The smallest absolute Gasteiger partial charge is 0.228 e. The van der Waals surface area contributed by atoms with E-state index in [1.54, 1.807) is 21.7 Å². The molecule has 0 atom stereocenters. The first-order valence-corrected chi connectivity index (χ1v) is 12.7. The summed E-state index contributed by atoms with van der Waals surface area (Å²) in [7, 11) is -3.65. The average molecular weight is 460 g/mol. The van der Waals surface area contributed by atoms with Gasteiger partial charge in [-0.15, -0.1) is 6.58 Å². The zero-order valence-corrected chi connectivity index (χ0v) is 21.1. The van der Waals surface area contributed by atoms with Gasteiger partial charge in [-0.05, 0) is 23.8 Å². The van der Waals surface area contributed by atoms with Crippen LogP contribution < -0.4 is 0 Å². The molecule has 0 spiro atoms. The Morgan fingerprint density at radius 3 is 2.53 bits per heavy atom. The number of hydrogen-bond donors (Lipinski definition) is 0. The third kappa shape index (κ3) is 7.33. The molecule has 0 fully saturated rings. The van der Waals surface area contributed by atoms with Crippen LogP contribution in [0.25, 0.3) is 0 Å². The van der Waals surface area contributed by atoms with Crippen LogP contribution in [0.5, 0.6) is 0 Å². The minimum absolute atomic E-state index is 0.0128. The highest BCUT2D eigenvalue weighted by Gasteiger charge is 2.27. The molecule has 0 aliphatic heterocycles. The first kappa shape index (κ1) is 25.8. The van der Waals surface area contributed by atoms with Crippen LogP contribution in [0.2, 0.25) is 0 Å². The quantitative estimate of drug-likeness (QED) is 0.480. The van der Waals surface area contributed by atoms with E-state index in [2.05, 4.69) is 11.6 Å². The highest BCUT2D eigenvalue weighted by Crippen LogP contribution is 2.23. The third-order valence-corrected chi connectivity index (χ3v) is 6.50. The Hall–Kier alpha value is -2.41. The van der Waals surface area contributed by atoms with E-state index in [4.69, 9.17) is 0 Å². The van der Waals surface area contributed by atoms with E-state index in [0.29, 0.717) is 31.7 Å². The maximum absolute atomic E-state index is 13.3. The van der Waals surface area contributed by atoms with Crippen LogP contribution in [-0.4, -0.2) is 35.3 Å². The number of carbonyl (C=O) groups excluding carboxylic acids is 1. The molecule has 0 unspecified atom stereocenters. The molecule has 2 aromatic rings. The monoisotopic (exact) mass is 459 g/mol. The Bertz CT molecular complexity index is 1050. The zero-order chi connectivity index (χ0) is 24.1. The van der Waals surface area contributed by atoms with Gasteiger partial charge >= 0.3 is 0 Å². The molecular weight excluding hydrogens is 422 g/mol. The van der Waals surface area contributed by atoms with E-state index in [1.165, 1.54) is 0 Å². The Morgan fingerprint density at radius 1 is 1.28 bits per heavy atom. The fourth-order valence-electron chi connectivity index (χ4n) is 3.58. The molecule has 1 heterocycles. The standard InChI is InChI=1S/C25H37N3O3S/c1-8-12-27(23(29)14-25(5,6)7)17-22-15-26-24(28(22)16-19(2)3)32(30,31)18-21-11-9-10-20(4)13-21/h8-11,13,15,19H,1,12,14,16-18H2,2-7H3. The van der Waals surface area contributed by atoms with Crippen LogP contribution in [0.15, 0.2) is 48.3 Å². The molecule has 1 amide bonds. The Labute approximate surface area is 193 Å². The number of benzene rings is 1. The number of nitrogens with zero attached hydrogens (tertiary/aromatic N) is 3. The maximum atomic E-state index is 13.3. The summed E-state index contributed by atoms with van der Waals surface area (Å²) in [4.78, 5) is 18.9. The van der Waals surface area contributed by atoms with E-state index >= 15 is 0 Å². The van der Waals surface area contributed by atoms with Crippen LogP contribution in [0.1, 0.15) is 57.9 Å². The van der Waals surface area contributed by atoms with E-state index < -0.39 is 9.84 Å². The molecule has 0 radical (unpaired) electrons. The topological polar surface area (TPSA) is 72.3 Å². The number of sulfone groups is 1. The molecule has 0 saturated heterocycles. The zero-order valence-electron chi connectivity index (χ0n) is 20.3. The van der Waals surface area contributed by atoms with Crippen molar-refractivity contribution in [3.8, 4) is 0 Å². The molecular formula is C25H37N3O3S. The lowest BCUT2D eigenvalue weighted by Crippen LogP contribution is -2.34. The second-order valence-electron chi connectivity index (χ2n) is 10.1. The van der Waals surface area contributed by atoms with E-state index in [1.807, 2.05) is 65.8 Å². The minimum Gasteiger partial charge on any atom is -0.333 e. The Kier molecular flexibility index (Phi) is 8.46. The molecule has 2 rings (SSSR count). The lowest BCUT2D eigenvalue weighted by Gasteiger charge is -2.26. The number of imidazole rings is 1. The molecule has 6 nitrogen and oxygen atoms in total. The van der Waals surface area contributed by atoms with Crippen molar-refractivity contribution < 1.29 is 13.2 Å². The summed E-state index contributed by atoms with van der Waals surface area (Å²) in [5.74, 6) is 0.121. The molecule has 176 valence electrons. The van der Waals surface area contributed by atoms with Gasteiger partial charge in [0, 0.05) is 19.5 Å². The SMILES string of the molecule is C=CCN(Cc1cnc(S(=O)(=O)Cc2cccc(C)c2)n1CC(C)C)C(=O)CC(C)(C)C. The lowest BCUT2D eigenvalue weighted by molar-refractivity contribution is -0.133. The van der Waals surface area contributed by atoms with Crippen LogP contribution in [-0.2, 0) is 33.5 Å². The number of rotatable bonds is 10. The Morgan fingerprint density at radius 2 is 1.97 bits per heavy atom. The van der Waals surface area contributed by atoms with Gasteiger partial charge in [0.15, 0.2) is 0 Å². The van der Waals surface area contributed by atoms with Crippen molar-refractivity contribution in [3.05, 3.63) is 59.9 Å². The van der Waals surface area contributed by atoms with E-state index in [9.17, 15) is 13.2 Å². The number of amides is 1. The molecule has 1 aromatic heterocycles. The minimum atomic E-state index is -3.65. The van der Waals surface area contributed by atoms with Crippen LogP contribution >= 0.6 is 0 Å². The second kappa shape index (κ2) is 10.5. The fourth-order valence-corrected chi connectivity index (χ4v) is 5.07. The van der Waals surface area contributed by atoms with Gasteiger partial charge in [0.1, 0.15) is 0 Å². The molecule has 0 bridgehead atoms. The van der Waals surface area contributed by atoms with Gasteiger partial charge in [-0.25, -0.2) is 13.4 Å². The summed E-state index contributed by atoms with van der Waals surface area (Å²) in [6, 6.07) is 7.50. The number of aryl methyl sites for hydroxylation is 1. The molecule has 0 N–H and O–H groups in total. The van der Waals surface area contributed by atoms with Gasteiger partial charge in [0.2, 0.25) is 20.9 Å². The lowest BCUT2D eigenvalue weighted by atomic mass is 9.91. The predicted octanol–water partition coefficient (Wildman–Crippen LogP) is 4.77. The van der Waals surface area contributed by atoms with Gasteiger partial charge in [-0.3, -0.25) is 4.79 Å². The number of carbonyl (C=O) groups is 1. The first-order chi connectivity index (χ1) is 14.8. The molecule has 0 aliphatic carbocycles. The molecule has 7 heteroatoms. The van der Waals surface area contributed by atoms with Gasteiger partial charge < -0.3 is 9.47 Å². The molecule has 1 aromatic carbocycles. The largest absolute Gasteiger partial charge is 0.333 e. The first-order valence-electron chi connectivity index (χ1n) is 11.0. The molecule has 0 aliphatic rings. The average Bonchev–Trinajstić information content (AvgIpc) is 3.02. The fraction of sp³-hybridized carbons (Fsp3) is 0.520. The van der Waals surface area contributed by atoms with E-state index in [0.717, 1.165) is 11.1 Å². The van der Waals surface area contributed by atoms with Gasteiger partial charge in [0.25, 0.3) is 0 Å². The van der Waals surface area contributed by atoms with Crippen molar-refractivity contribution in [2.75, 3.05) is 6.54 Å². The normalized spacial score (nSPS) is 12.2. The van der Waals surface area contributed by atoms with Gasteiger partial charge in [-0.1, -0.05) is 70.5 Å². The van der Waals surface area contributed by atoms with Gasteiger partial charge in [0.05, 0.1) is 24.2 Å². The van der Waals surface area contributed by atoms with Crippen molar-refractivity contribution >= 4 is 15.7 Å². The molecule has 0 saturated carbocycles. The summed E-state index contributed by atoms with van der Waals surface area (Å²) < 4.78 is 28.3.